The number of nitrogens with zero attached hydrogens (tertiary/aromatic N) is 2. The summed E-state index contributed by atoms with van der Waals surface area (Å²) >= 11 is 0. The van der Waals surface area contributed by atoms with Gasteiger partial charge in [0.25, 0.3) is 0 Å². The molecule has 1 aromatic heterocycles. The summed E-state index contributed by atoms with van der Waals surface area (Å²) in [5.41, 5.74) is 2.52. The Morgan fingerprint density at radius 3 is 1.73 bits per heavy atom. The lowest BCUT2D eigenvalue weighted by Crippen LogP contribution is -2.04. The highest BCUT2D eigenvalue weighted by Gasteiger charge is 2.05. The van der Waals surface area contributed by atoms with Crippen LogP contribution < -0.4 is 0 Å². The molecular weight excluding hydrogens is 268 g/mol. The van der Waals surface area contributed by atoms with Crippen LogP contribution in [0.3, 0.4) is 0 Å². The molecule has 0 N–H and O–H groups in total. The first-order valence-electron chi connectivity index (χ1n) is 9.45. The highest BCUT2D eigenvalue weighted by molar-refractivity contribution is 5.12. The van der Waals surface area contributed by atoms with Crippen LogP contribution in [0.25, 0.3) is 0 Å². The van der Waals surface area contributed by atoms with E-state index in [0.717, 1.165) is 37.9 Å². The number of unbranched alkanes of at least 4 members (excludes halogenated alkanes) is 7. The maximum atomic E-state index is 4.77. The Morgan fingerprint density at radius 1 is 0.727 bits per heavy atom. The summed E-state index contributed by atoms with van der Waals surface area (Å²) in [6.45, 7) is 8.45. The molecule has 125 valence electrons. The van der Waals surface area contributed by atoms with Crippen LogP contribution in [0.1, 0.15) is 95.3 Å². The van der Waals surface area contributed by atoms with E-state index in [1.165, 1.54) is 62.8 Å². The van der Waals surface area contributed by atoms with Crippen LogP contribution in [-0.2, 0) is 19.3 Å². The average Bonchev–Trinajstić information content (AvgIpc) is 2.54. The molecule has 1 radical (unpaired) electrons. The minimum absolute atomic E-state index is 0.968. The summed E-state index contributed by atoms with van der Waals surface area (Å²) in [6, 6.07) is 2.26. The molecule has 2 nitrogen and oxygen atoms in total. The summed E-state index contributed by atoms with van der Waals surface area (Å²) < 4.78 is 0. The molecule has 0 saturated heterocycles. The van der Waals surface area contributed by atoms with Gasteiger partial charge in [-0.2, -0.15) is 0 Å². The van der Waals surface area contributed by atoms with E-state index in [4.69, 9.17) is 9.97 Å². The van der Waals surface area contributed by atoms with Crippen molar-refractivity contribution in [2.45, 2.75) is 97.3 Å². The molecule has 0 bridgehead atoms. The molecule has 0 amide bonds. The number of aromatic nitrogens is 2. The second-order valence-corrected chi connectivity index (χ2v) is 6.35. The van der Waals surface area contributed by atoms with Gasteiger partial charge in [-0.25, -0.2) is 9.97 Å². The first-order chi connectivity index (χ1) is 10.8. The van der Waals surface area contributed by atoms with E-state index in [-0.39, 0.29) is 0 Å². The van der Waals surface area contributed by atoms with Crippen LogP contribution in [0.5, 0.6) is 0 Å². The van der Waals surface area contributed by atoms with Crippen molar-refractivity contribution in [1.82, 2.24) is 9.97 Å². The Bertz CT molecular complexity index is 357. The fraction of sp³-hybridized carbons (Fsp3) is 0.750. The summed E-state index contributed by atoms with van der Waals surface area (Å²) in [6.07, 6.45) is 15.7. The minimum atomic E-state index is 0.968. The van der Waals surface area contributed by atoms with Crippen molar-refractivity contribution >= 4 is 0 Å². The van der Waals surface area contributed by atoms with Gasteiger partial charge in [-0.1, -0.05) is 65.7 Å². The summed E-state index contributed by atoms with van der Waals surface area (Å²) in [5, 5.41) is 0. The molecule has 0 aliphatic heterocycles. The quantitative estimate of drug-likeness (QED) is 0.425. The summed E-state index contributed by atoms with van der Waals surface area (Å²) in [7, 11) is 0. The van der Waals surface area contributed by atoms with Gasteiger partial charge in [0.1, 0.15) is 5.82 Å². The average molecular weight is 304 g/mol. The third-order valence-electron chi connectivity index (χ3n) is 4.10. The predicted molar refractivity (Wildman–Crippen MR) is 96.0 cm³/mol. The van der Waals surface area contributed by atoms with Crippen LogP contribution in [-0.4, -0.2) is 9.97 Å². The Labute approximate surface area is 138 Å². The predicted octanol–water partition coefficient (Wildman–Crippen LogP) is 5.88. The Kier molecular flexibility index (Phi) is 11.0. The van der Waals surface area contributed by atoms with E-state index in [0.29, 0.717) is 0 Å². The van der Waals surface area contributed by atoms with Crippen molar-refractivity contribution in [2.75, 3.05) is 0 Å². The SMILES string of the molecule is [CH2]CCCc1nc(CCCCCC)cc(CCCCCC)n1. The van der Waals surface area contributed by atoms with Crippen LogP contribution in [0.4, 0.5) is 0 Å². The number of hydrogen-bond donors (Lipinski definition) is 0. The number of hydrogen-bond acceptors (Lipinski definition) is 2. The Balaban J connectivity index is 2.59. The van der Waals surface area contributed by atoms with Gasteiger partial charge in [-0.05, 0) is 38.2 Å². The lowest BCUT2D eigenvalue weighted by atomic mass is 10.1. The largest absolute Gasteiger partial charge is 0.238 e. The molecule has 0 aliphatic rings. The van der Waals surface area contributed by atoms with Crippen molar-refractivity contribution in [1.29, 1.82) is 0 Å². The van der Waals surface area contributed by atoms with E-state index in [1.807, 2.05) is 0 Å². The number of aryl methyl sites for hydroxylation is 3. The highest BCUT2D eigenvalue weighted by atomic mass is 14.9. The molecule has 0 unspecified atom stereocenters. The van der Waals surface area contributed by atoms with Gasteiger partial charge >= 0.3 is 0 Å². The molecule has 2 heteroatoms. The minimum Gasteiger partial charge on any atom is -0.238 e. The molecule has 22 heavy (non-hydrogen) atoms. The second-order valence-electron chi connectivity index (χ2n) is 6.35. The molecule has 1 aromatic rings. The molecule has 1 rings (SSSR count). The van der Waals surface area contributed by atoms with Gasteiger partial charge in [0.05, 0.1) is 0 Å². The molecule has 0 atom stereocenters. The third-order valence-corrected chi connectivity index (χ3v) is 4.10. The molecule has 0 fully saturated rings. The first kappa shape index (κ1) is 19.1. The fourth-order valence-corrected chi connectivity index (χ4v) is 2.73. The van der Waals surface area contributed by atoms with Gasteiger partial charge in [-0.3, -0.25) is 0 Å². The fourth-order valence-electron chi connectivity index (χ4n) is 2.73. The summed E-state index contributed by atoms with van der Waals surface area (Å²) in [5.74, 6) is 1.04. The van der Waals surface area contributed by atoms with E-state index >= 15 is 0 Å². The normalized spacial score (nSPS) is 11.0. The van der Waals surface area contributed by atoms with Crippen LogP contribution in [0, 0.1) is 6.92 Å². The van der Waals surface area contributed by atoms with Crippen molar-refractivity contribution < 1.29 is 0 Å². The molecule has 0 saturated carbocycles. The van der Waals surface area contributed by atoms with Gasteiger partial charge in [0.2, 0.25) is 0 Å². The molecule has 0 aliphatic carbocycles. The van der Waals surface area contributed by atoms with Gasteiger partial charge in [-0.15, -0.1) is 0 Å². The van der Waals surface area contributed by atoms with Crippen LogP contribution >= 0.6 is 0 Å². The molecular formula is C20H35N2. The zero-order valence-corrected chi connectivity index (χ0v) is 14.9. The summed E-state index contributed by atoms with van der Waals surface area (Å²) in [4.78, 5) is 9.55. The monoisotopic (exact) mass is 303 g/mol. The second kappa shape index (κ2) is 12.6. The van der Waals surface area contributed by atoms with Crippen LogP contribution in [0.15, 0.2) is 6.07 Å². The molecule has 0 spiro atoms. The lowest BCUT2D eigenvalue weighted by Gasteiger charge is -2.08. The van der Waals surface area contributed by atoms with Crippen molar-refractivity contribution in [3.63, 3.8) is 0 Å². The van der Waals surface area contributed by atoms with E-state index in [9.17, 15) is 0 Å². The lowest BCUT2D eigenvalue weighted by molar-refractivity contribution is 0.642. The first-order valence-corrected chi connectivity index (χ1v) is 9.45. The zero-order chi connectivity index (χ0) is 16.0. The zero-order valence-electron chi connectivity index (χ0n) is 14.9. The maximum absolute atomic E-state index is 4.77. The number of rotatable bonds is 13. The standard InChI is InChI=1S/C20H35N2/c1-4-7-10-12-14-18-17-19(15-13-11-8-5-2)22-20(21-18)16-9-6-3/h17H,3-16H2,1-2H3. The van der Waals surface area contributed by atoms with Gasteiger partial charge in [0, 0.05) is 17.8 Å². The third kappa shape index (κ3) is 8.51. The van der Waals surface area contributed by atoms with E-state index in [2.05, 4.69) is 26.8 Å². The highest BCUT2D eigenvalue weighted by Crippen LogP contribution is 2.12. The Morgan fingerprint density at radius 2 is 1.27 bits per heavy atom. The topological polar surface area (TPSA) is 25.8 Å². The smallest absolute Gasteiger partial charge is 0.128 e. The van der Waals surface area contributed by atoms with Crippen molar-refractivity contribution in [3.05, 3.63) is 30.2 Å². The molecule has 1 heterocycles. The van der Waals surface area contributed by atoms with Gasteiger partial charge < -0.3 is 0 Å². The van der Waals surface area contributed by atoms with Gasteiger partial charge in [0.15, 0.2) is 0 Å². The Hall–Kier alpha value is -0.920. The van der Waals surface area contributed by atoms with Crippen molar-refractivity contribution in [3.8, 4) is 0 Å². The molecule has 0 aromatic carbocycles. The van der Waals surface area contributed by atoms with Crippen molar-refractivity contribution in [2.24, 2.45) is 0 Å². The van der Waals surface area contributed by atoms with E-state index in [1.54, 1.807) is 0 Å². The maximum Gasteiger partial charge on any atom is 0.128 e. The van der Waals surface area contributed by atoms with E-state index < -0.39 is 0 Å². The van der Waals surface area contributed by atoms with Crippen LogP contribution in [0.2, 0.25) is 0 Å².